The standard InChI is InChI=1S/C12H13ClN4O/c13-9(10(14)8-4-1-2-5-15-8)11-12(18)17-7-3-6-16-11/h1-2,4-5H,3,6-7,14H2,(H,17,18)/b10-9+. The normalized spacial score (nSPS) is 17.4. The number of nitrogens with two attached hydrogens (primary N) is 1. The molecule has 0 saturated heterocycles. The van der Waals surface area contributed by atoms with Crippen LogP contribution in [0.5, 0.6) is 0 Å². The van der Waals surface area contributed by atoms with Crippen LogP contribution in [0.25, 0.3) is 5.70 Å². The molecule has 0 spiro atoms. The fourth-order valence-corrected chi connectivity index (χ4v) is 1.80. The first-order valence-electron chi connectivity index (χ1n) is 5.60. The third kappa shape index (κ3) is 2.68. The Labute approximate surface area is 110 Å². The molecule has 0 unspecified atom stereocenters. The number of carbonyl (C=O) groups excluding carboxylic acids is 1. The number of nitrogens with zero attached hydrogens (tertiary/aromatic N) is 2. The number of aliphatic imine (C=N–C) groups is 1. The minimum absolute atomic E-state index is 0.146. The number of amides is 1. The van der Waals surface area contributed by atoms with E-state index >= 15 is 0 Å². The maximum atomic E-state index is 11.8. The molecule has 2 heterocycles. The molecule has 0 radical (unpaired) electrons. The summed E-state index contributed by atoms with van der Waals surface area (Å²) in [4.78, 5) is 20.0. The summed E-state index contributed by atoms with van der Waals surface area (Å²) in [7, 11) is 0. The van der Waals surface area contributed by atoms with Gasteiger partial charge in [0.05, 0.1) is 16.4 Å². The Morgan fingerprint density at radius 2 is 2.28 bits per heavy atom. The smallest absolute Gasteiger partial charge is 0.271 e. The highest BCUT2D eigenvalue weighted by atomic mass is 35.5. The second-order valence-corrected chi connectivity index (χ2v) is 4.16. The minimum Gasteiger partial charge on any atom is -0.396 e. The maximum absolute atomic E-state index is 11.8. The van der Waals surface area contributed by atoms with Crippen LogP contribution in [0, 0.1) is 0 Å². The third-order valence-electron chi connectivity index (χ3n) is 2.49. The fraction of sp³-hybridized carbons (Fsp3) is 0.250. The zero-order valence-corrected chi connectivity index (χ0v) is 10.4. The monoisotopic (exact) mass is 264 g/mol. The lowest BCUT2D eigenvalue weighted by Crippen LogP contribution is -2.31. The van der Waals surface area contributed by atoms with Gasteiger partial charge >= 0.3 is 0 Å². The highest BCUT2D eigenvalue weighted by molar-refractivity contribution is 6.61. The minimum atomic E-state index is -0.295. The SMILES string of the molecule is N/C(=C(/Cl)C1=NCCCNC1=O)c1ccccn1. The lowest BCUT2D eigenvalue weighted by molar-refractivity contribution is -0.114. The molecule has 0 aromatic carbocycles. The Balaban J connectivity index is 2.37. The van der Waals surface area contributed by atoms with E-state index < -0.39 is 0 Å². The second-order valence-electron chi connectivity index (χ2n) is 3.78. The van der Waals surface area contributed by atoms with Gasteiger partial charge in [0, 0.05) is 19.3 Å². The maximum Gasteiger partial charge on any atom is 0.271 e. The Morgan fingerprint density at radius 1 is 1.44 bits per heavy atom. The van der Waals surface area contributed by atoms with Crippen LogP contribution in [0.3, 0.4) is 0 Å². The van der Waals surface area contributed by atoms with Crippen molar-refractivity contribution in [3.05, 3.63) is 35.1 Å². The van der Waals surface area contributed by atoms with Gasteiger partial charge < -0.3 is 11.1 Å². The van der Waals surface area contributed by atoms with Crippen LogP contribution in [0.2, 0.25) is 0 Å². The van der Waals surface area contributed by atoms with E-state index in [9.17, 15) is 4.79 Å². The van der Waals surface area contributed by atoms with Crippen molar-refractivity contribution in [1.82, 2.24) is 10.3 Å². The van der Waals surface area contributed by atoms with Gasteiger partial charge in [-0.2, -0.15) is 0 Å². The van der Waals surface area contributed by atoms with E-state index in [4.69, 9.17) is 17.3 Å². The first-order valence-corrected chi connectivity index (χ1v) is 5.97. The Bertz CT molecular complexity index is 510. The second kappa shape index (κ2) is 5.64. The highest BCUT2D eigenvalue weighted by Crippen LogP contribution is 2.17. The molecule has 1 aromatic rings. The average molecular weight is 265 g/mol. The number of carbonyl (C=O) groups is 1. The number of rotatable bonds is 2. The van der Waals surface area contributed by atoms with Crippen molar-refractivity contribution in [2.75, 3.05) is 13.1 Å². The van der Waals surface area contributed by atoms with Crippen molar-refractivity contribution in [1.29, 1.82) is 0 Å². The molecule has 1 aliphatic rings. The Hall–Kier alpha value is -1.88. The predicted molar refractivity (Wildman–Crippen MR) is 71.1 cm³/mol. The quantitative estimate of drug-likeness (QED) is 0.833. The molecule has 0 fully saturated rings. The van der Waals surface area contributed by atoms with E-state index in [0.717, 1.165) is 6.42 Å². The molecule has 0 saturated carbocycles. The summed E-state index contributed by atoms with van der Waals surface area (Å²) < 4.78 is 0. The predicted octanol–water partition coefficient (Wildman–Crippen LogP) is 0.909. The van der Waals surface area contributed by atoms with Gasteiger partial charge in [0.1, 0.15) is 5.71 Å². The van der Waals surface area contributed by atoms with Gasteiger partial charge in [-0.05, 0) is 18.6 Å². The number of hydrogen-bond donors (Lipinski definition) is 2. The van der Waals surface area contributed by atoms with Crippen molar-refractivity contribution in [2.24, 2.45) is 10.7 Å². The average Bonchev–Trinajstić information content (AvgIpc) is 2.63. The largest absolute Gasteiger partial charge is 0.396 e. The zero-order valence-electron chi connectivity index (χ0n) is 9.69. The van der Waals surface area contributed by atoms with Gasteiger partial charge in [-0.15, -0.1) is 0 Å². The van der Waals surface area contributed by atoms with E-state index in [2.05, 4.69) is 15.3 Å². The summed E-state index contributed by atoms with van der Waals surface area (Å²) in [6.45, 7) is 1.15. The number of pyridine rings is 1. The molecular weight excluding hydrogens is 252 g/mol. The van der Waals surface area contributed by atoms with Gasteiger partial charge in [0.15, 0.2) is 0 Å². The summed E-state index contributed by atoms with van der Waals surface area (Å²) in [6, 6.07) is 5.31. The number of nitrogens with one attached hydrogen (secondary N) is 1. The van der Waals surface area contributed by atoms with Crippen LogP contribution >= 0.6 is 11.6 Å². The van der Waals surface area contributed by atoms with Crippen LogP contribution in [0.15, 0.2) is 34.4 Å². The van der Waals surface area contributed by atoms with E-state index in [1.54, 1.807) is 24.4 Å². The topological polar surface area (TPSA) is 80.4 Å². The van der Waals surface area contributed by atoms with Crippen molar-refractivity contribution >= 4 is 28.9 Å². The third-order valence-corrected chi connectivity index (χ3v) is 2.87. The highest BCUT2D eigenvalue weighted by Gasteiger charge is 2.20. The summed E-state index contributed by atoms with van der Waals surface area (Å²) in [5, 5.41) is 2.86. The van der Waals surface area contributed by atoms with E-state index in [1.165, 1.54) is 0 Å². The molecular formula is C12H13ClN4O. The van der Waals surface area contributed by atoms with Crippen LogP contribution in [-0.2, 0) is 4.79 Å². The molecule has 1 aliphatic heterocycles. The van der Waals surface area contributed by atoms with Crippen molar-refractivity contribution < 1.29 is 4.79 Å². The molecule has 2 rings (SSSR count). The molecule has 6 heteroatoms. The molecule has 94 valence electrons. The molecule has 3 N–H and O–H groups in total. The molecule has 0 atom stereocenters. The van der Waals surface area contributed by atoms with Crippen LogP contribution < -0.4 is 11.1 Å². The van der Waals surface area contributed by atoms with E-state index in [-0.39, 0.29) is 22.3 Å². The van der Waals surface area contributed by atoms with E-state index in [0.29, 0.717) is 18.8 Å². The van der Waals surface area contributed by atoms with Crippen LogP contribution in [-0.4, -0.2) is 29.7 Å². The number of aromatic nitrogens is 1. The van der Waals surface area contributed by atoms with Gasteiger partial charge in [-0.1, -0.05) is 17.7 Å². The van der Waals surface area contributed by atoms with E-state index in [1.807, 2.05) is 0 Å². The van der Waals surface area contributed by atoms with Gasteiger partial charge in [0.25, 0.3) is 5.91 Å². The van der Waals surface area contributed by atoms with Gasteiger partial charge in [0.2, 0.25) is 0 Å². The van der Waals surface area contributed by atoms with Gasteiger partial charge in [-0.3, -0.25) is 14.8 Å². The lowest BCUT2D eigenvalue weighted by atomic mass is 10.2. The Morgan fingerprint density at radius 3 is 3.00 bits per heavy atom. The first kappa shape index (κ1) is 12.6. The summed E-state index contributed by atoms with van der Waals surface area (Å²) in [5.41, 5.74) is 6.87. The zero-order chi connectivity index (χ0) is 13.0. The number of hydrogen-bond acceptors (Lipinski definition) is 4. The fourth-order valence-electron chi connectivity index (χ4n) is 1.56. The summed E-state index contributed by atoms with van der Waals surface area (Å²) in [5.74, 6) is -0.295. The molecule has 1 aromatic heterocycles. The molecule has 0 aliphatic carbocycles. The van der Waals surface area contributed by atoms with Crippen molar-refractivity contribution in [3.8, 4) is 0 Å². The molecule has 0 bridgehead atoms. The Kier molecular flexibility index (Phi) is 3.94. The first-order chi connectivity index (χ1) is 8.70. The van der Waals surface area contributed by atoms with Crippen LogP contribution in [0.1, 0.15) is 12.1 Å². The molecule has 5 nitrogen and oxygen atoms in total. The lowest BCUT2D eigenvalue weighted by Gasteiger charge is -2.07. The van der Waals surface area contributed by atoms with Gasteiger partial charge in [-0.25, -0.2) is 0 Å². The number of halogens is 1. The van der Waals surface area contributed by atoms with Crippen molar-refractivity contribution in [2.45, 2.75) is 6.42 Å². The summed E-state index contributed by atoms with van der Waals surface area (Å²) >= 11 is 6.14. The summed E-state index contributed by atoms with van der Waals surface area (Å²) in [6.07, 6.45) is 2.41. The molecule has 18 heavy (non-hydrogen) atoms. The molecule has 1 amide bonds. The van der Waals surface area contributed by atoms with Crippen molar-refractivity contribution in [3.63, 3.8) is 0 Å². The van der Waals surface area contributed by atoms with Crippen LogP contribution in [0.4, 0.5) is 0 Å².